The molecule has 1 fully saturated rings. The molecule has 1 amide bonds. The van der Waals surface area contributed by atoms with Gasteiger partial charge in [0.25, 0.3) is 10.0 Å². The zero-order valence-electron chi connectivity index (χ0n) is 17.5. The Morgan fingerprint density at radius 3 is 2.84 bits per heavy atom. The highest BCUT2D eigenvalue weighted by atomic mass is 32.2. The topological polar surface area (TPSA) is 92.8 Å². The van der Waals surface area contributed by atoms with Crippen molar-refractivity contribution in [3.63, 3.8) is 0 Å². The van der Waals surface area contributed by atoms with Crippen molar-refractivity contribution in [1.82, 2.24) is 4.31 Å². The molecule has 2 aliphatic rings. The van der Waals surface area contributed by atoms with Crippen LogP contribution in [0.4, 0.5) is 5.00 Å². The SMILES string of the molecule is CCOC(=O)c1c(NC(=O)C2CCCN2S(=O)(=O)c2cccs2)sc2c1CCC(C)C2. The molecule has 3 heterocycles. The Hall–Kier alpha value is -1.75. The van der Waals surface area contributed by atoms with E-state index in [9.17, 15) is 18.0 Å². The number of hydrogen-bond acceptors (Lipinski definition) is 7. The number of rotatable bonds is 6. The van der Waals surface area contributed by atoms with Gasteiger partial charge in [-0.05, 0) is 62.0 Å². The monoisotopic (exact) mass is 482 g/mol. The van der Waals surface area contributed by atoms with Crippen LogP contribution in [0, 0.1) is 5.92 Å². The summed E-state index contributed by atoms with van der Waals surface area (Å²) in [6.45, 7) is 4.49. The number of nitrogens with one attached hydrogen (secondary N) is 1. The lowest BCUT2D eigenvalue weighted by atomic mass is 9.88. The van der Waals surface area contributed by atoms with Crippen molar-refractivity contribution in [2.75, 3.05) is 18.5 Å². The third kappa shape index (κ3) is 4.30. The number of carbonyl (C=O) groups is 2. The van der Waals surface area contributed by atoms with Gasteiger partial charge in [-0.3, -0.25) is 4.79 Å². The van der Waals surface area contributed by atoms with Crippen molar-refractivity contribution in [3.8, 4) is 0 Å². The number of ether oxygens (including phenoxy) is 1. The maximum atomic E-state index is 13.2. The van der Waals surface area contributed by atoms with Crippen LogP contribution in [0.25, 0.3) is 0 Å². The average Bonchev–Trinajstić information content (AvgIpc) is 3.47. The number of anilines is 1. The van der Waals surface area contributed by atoms with Gasteiger partial charge in [-0.15, -0.1) is 22.7 Å². The Balaban J connectivity index is 1.61. The van der Waals surface area contributed by atoms with E-state index in [-0.39, 0.29) is 10.8 Å². The van der Waals surface area contributed by atoms with Crippen LogP contribution in [0.15, 0.2) is 21.7 Å². The highest BCUT2D eigenvalue weighted by Gasteiger charge is 2.40. The summed E-state index contributed by atoms with van der Waals surface area (Å²) >= 11 is 2.56. The van der Waals surface area contributed by atoms with E-state index in [2.05, 4.69) is 12.2 Å². The minimum Gasteiger partial charge on any atom is -0.462 e. The lowest BCUT2D eigenvalue weighted by Gasteiger charge is -2.22. The van der Waals surface area contributed by atoms with Crippen molar-refractivity contribution in [2.45, 2.75) is 56.2 Å². The Bertz CT molecular complexity index is 1070. The third-order valence-corrected chi connectivity index (χ3v) is 10.2. The first kappa shape index (κ1) is 22.4. The van der Waals surface area contributed by atoms with Gasteiger partial charge in [0, 0.05) is 11.4 Å². The van der Waals surface area contributed by atoms with E-state index < -0.39 is 27.9 Å². The van der Waals surface area contributed by atoms with Crippen molar-refractivity contribution in [1.29, 1.82) is 0 Å². The molecule has 2 aromatic rings. The molecule has 2 atom stereocenters. The van der Waals surface area contributed by atoms with E-state index in [1.807, 2.05) is 0 Å². The predicted octanol–water partition coefficient (Wildman–Crippen LogP) is 3.90. The van der Waals surface area contributed by atoms with Gasteiger partial charge in [-0.25, -0.2) is 13.2 Å². The molecule has 7 nitrogen and oxygen atoms in total. The van der Waals surface area contributed by atoms with Crippen molar-refractivity contribution in [2.24, 2.45) is 5.92 Å². The van der Waals surface area contributed by atoms with Gasteiger partial charge < -0.3 is 10.1 Å². The van der Waals surface area contributed by atoms with Crippen LogP contribution in [0.5, 0.6) is 0 Å². The lowest BCUT2D eigenvalue weighted by molar-refractivity contribution is -0.119. The maximum Gasteiger partial charge on any atom is 0.341 e. The molecular formula is C21H26N2O5S3. The van der Waals surface area contributed by atoms with E-state index in [0.29, 0.717) is 35.9 Å². The van der Waals surface area contributed by atoms with Crippen molar-refractivity contribution < 1.29 is 22.7 Å². The summed E-state index contributed by atoms with van der Waals surface area (Å²) in [7, 11) is -3.72. The summed E-state index contributed by atoms with van der Waals surface area (Å²) in [5.74, 6) is -0.305. The first-order valence-electron chi connectivity index (χ1n) is 10.5. The Morgan fingerprint density at radius 1 is 1.32 bits per heavy atom. The minimum absolute atomic E-state index is 0.236. The summed E-state index contributed by atoms with van der Waals surface area (Å²) in [5.41, 5.74) is 1.40. The van der Waals surface area contributed by atoms with Crippen LogP contribution in [-0.4, -0.2) is 43.8 Å². The first-order valence-corrected chi connectivity index (χ1v) is 13.6. The minimum atomic E-state index is -3.72. The number of thiophene rings is 2. The van der Waals surface area contributed by atoms with E-state index >= 15 is 0 Å². The largest absolute Gasteiger partial charge is 0.462 e. The van der Waals surface area contributed by atoms with E-state index in [1.165, 1.54) is 15.6 Å². The van der Waals surface area contributed by atoms with Crippen LogP contribution >= 0.6 is 22.7 Å². The number of sulfonamides is 1. The van der Waals surface area contributed by atoms with Crippen molar-refractivity contribution >= 4 is 49.6 Å². The summed E-state index contributed by atoms with van der Waals surface area (Å²) < 4.78 is 32.8. The molecule has 0 bridgehead atoms. The smallest absolute Gasteiger partial charge is 0.341 e. The van der Waals surface area contributed by atoms with Gasteiger partial charge in [0.05, 0.1) is 12.2 Å². The summed E-state index contributed by atoms with van der Waals surface area (Å²) in [4.78, 5) is 27.0. The van der Waals surface area contributed by atoms with Gasteiger partial charge >= 0.3 is 5.97 Å². The molecule has 1 aliphatic heterocycles. The Morgan fingerprint density at radius 2 is 2.13 bits per heavy atom. The van der Waals surface area contributed by atoms with Gasteiger partial charge in [0.15, 0.2) is 0 Å². The molecule has 0 radical (unpaired) electrons. The van der Waals surface area contributed by atoms with E-state index in [4.69, 9.17) is 4.74 Å². The second kappa shape index (κ2) is 9.01. The molecule has 0 saturated carbocycles. The average molecular weight is 483 g/mol. The zero-order valence-corrected chi connectivity index (χ0v) is 20.0. The molecule has 4 rings (SSSR count). The fourth-order valence-electron chi connectivity index (χ4n) is 4.27. The molecule has 0 aromatic carbocycles. The number of nitrogens with zero attached hydrogens (tertiary/aromatic N) is 1. The molecule has 2 unspecified atom stereocenters. The fraction of sp³-hybridized carbons (Fsp3) is 0.524. The molecule has 0 spiro atoms. The summed E-state index contributed by atoms with van der Waals surface area (Å²) in [6, 6.07) is 2.45. The lowest BCUT2D eigenvalue weighted by Crippen LogP contribution is -2.42. The summed E-state index contributed by atoms with van der Waals surface area (Å²) in [6.07, 6.45) is 3.70. The van der Waals surface area contributed by atoms with Crippen LogP contribution in [0.3, 0.4) is 0 Å². The van der Waals surface area contributed by atoms with Gasteiger partial charge in [0.2, 0.25) is 5.91 Å². The number of amides is 1. The first-order chi connectivity index (χ1) is 14.8. The number of hydrogen-bond donors (Lipinski definition) is 1. The number of fused-ring (bicyclic) bond motifs is 1. The quantitative estimate of drug-likeness (QED) is 0.631. The molecule has 10 heteroatoms. The standard InChI is InChI=1S/C21H26N2O5S3/c1-3-28-21(25)18-14-9-8-13(2)12-16(14)30-20(18)22-19(24)15-6-4-10-23(15)31(26,27)17-7-5-11-29-17/h5,7,11,13,15H,3-4,6,8-10,12H2,1-2H3,(H,22,24). The third-order valence-electron chi connectivity index (χ3n) is 5.79. The number of carbonyl (C=O) groups excluding carboxylic acids is 2. The molecule has 168 valence electrons. The maximum absolute atomic E-state index is 13.2. The van der Waals surface area contributed by atoms with Gasteiger partial charge in [-0.1, -0.05) is 13.0 Å². The van der Waals surface area contributed by atoms with E-state index in [0.717, 1.165) is 41.0 Å². The normalized spacial score (nSPS) is 21.6. The molecule has 2 aromatic heterocycles. The zero-order chi connectivity index (χ0) is 22.2. The van der Waals surface area contributed by atoms with Crippen LogP contribution in [0.2, 0.25) is 0 Å². The summed E-state index contributed by atoms with van der Waals surface area (Å²) in [5, 5.41) is 5.07. The van der Waals surface area contributed by atoms with Crippen LogP contribution < -0.4 is 5.32 Å². The van der Waals surface area contributed by atoms with E-state index in [1.54, 1.807) is 24.4 Å². The second-order valence-corrected chi connectivity index (χ2v) is 12.1. The molecule has 1 N–H and O–H groups in total. The van der Waals surface area contributed by atoms with Gasteiger partial charge in [0.1, 0.15) is 15.3 Å². The predicted molar refractivity (Wildman–Crippen MR) is 121 cm³/mol. The van der Waals surface area contributed by atoms with Gasteiger partial charge in [-0.2, -0.15) is 4.31 Å². The van der Waals surface area contributed by atoms with Crippen molar-refractivity contribution in [3.05, 3.63) is 33.5 Å². The van der Waals surface area contributed by atoms with Crippen LogP contribution in [-0.2, 0) is 32.4 Å². The fourth-order valence-corrected chi connectivity index (χ4v) is 8.45. The second-order valence-electron chi connectivity index (χ2n) is 7.97. The molecular weight excluding hydrogens is 456 g/mol. The molecule has 1 saturated heterocycles. The Labute approximate surface area is 190 Å². The molecule has 1 aliphatic carbocycles. The Kier molecular flexibility index (Phi) is 6.52. The van der Waals surface area contributed by atoms with Crippen LogP contribution in [0.1, 0.15) is 53.9 Å². The highest BCUT2D eigenvalue weighted by Crippen LogP contribution is 2.40. The molecule has 31 heavy (non-hydrogen) atoms. The number of esters is 1. The highest BCUT2D eigenvalue weighted by molar-refractivity contribution is 7.91.